The molecule has 8 nitrogen and oxygen atoms in total. The summed E-state index contributed by atoms with van der Waals surface area (Å²) in [5.74, 6) is -0.678. The molecule has 0 spiro atoms. The quantitative estimate of drug-likeness (QED) is 0.444. The number of hydrogen-bond donors (Lipinski definition) is 1. The van der Waals surface area contributed by atoms with Gasteiger partial charge in [0.2, 0.25) is 21.8 Å². The van der Waals surface area contributed by atoms with E-state index in [2.05, 4.69) is 5.32 Å². The van der Waals surface area contributed by atoms with Crippen molar-refractivity contribution >= 4 is 39.1 Å². The number of nitrogens with one attached hydrogen (secondary N) is 1. The molecular formula is C24H29ClF3N3O5S. The summed E-state index contributed by atoms with van der Waals surface area (Å²) >= 11 is 6.08. The van der Waals surface area contributed by atoms with E-state index in [-0.39, 0.29) is 18.0 Å². The minimum atomic E-state index is -4.77. The summed E-state index contributed by atoms with van der Waals surface area (Å²) in [6.07, 6.45) is -3.80. The molecule has 0 unspecified atom stereocenters. The van der Waals surface area contributed by atoms with Crippen LogP contribution in [0, 0.1) is 0 Å². The molecule has 2 amide bonds. The van der Waals surface area contributed by atoms with Crippen molar-refractivity contribution in [2.24, 2.45) is 0 Å². The first kappa shape index (κ1) is 30.2. The van der Waals surface area contributed by atoms with E-state index in [0.717, 1.165) is 12.3 Å². The molecule has 2 rings (SSSR count). The molecule has 0 aliphatic rings. The summed E-state index contributed by atoms with van der Waals surface area (Å²) in [7, 11) is -2.77. The molecule has 1 N–H and O–H groups in total. The van der Waals surface area contributed by atoms with Gasteiger partial charge in [-0.1, -0.05) is 30.7 Å². The van der Waals surface area contributed by atoms with E-state index in [0.29, 0.717) is 34.3 Å². The van der Waals surface area contributed by atoms with Crippen molar-refractivity contribution in [2.75, 3.05) is 30.8 Å². The number of anilines is 1. The average Bonchev–Trinajstić information content (AvgIpc) is 2.82. The van der Waals surface area contributed by atoms with Gasteiger partial charge in [0.05, 0.1) is 29.6 Å². The number of nitrogens with zero attached hydrogens (tertiary/aromatic N) is 2. The van der Waals surface area contributed by atoms with Gasteiger partial charge in [-0.15, -0.1) is 0 Å². The topological polar surface area (TPSA) is 96.0 Å². The Labute approximate surface area is 219 Å². The van der Waals surface area contributed by atoms with Crippen LogP contribution < -0.4 is 14.4 Å². The first-order chi connectivity index (χ1) is 17.2. The number of carbonyl (C=O) groups is 2. The fraction of sp³-hybridized carbons (Fsp3) is 0.417. The lowest BCUT2D eigenvalue weighted by atomic mass is 10.1. The number of carbonyl (C=O) groups excluding carboxylic acids is 2. The normalized spacial score (nSPS) is 12.5. The van der Waals surface area contributed by atoms with E-state index < -0.39 is 51.9 Å². The van der Waals surface area contributed by atoms with Crippen molar-refractivity contribution in [3.8, 4) is 5.75 Å². The third-order valence-corrected chi connectivity index (χ3v) is 6.92. The van der Waals surface area contributed by atoms with Crippen LogP contribution in [0.2, 0.25) is 5.02 Å². The number of halogens is 4. The lowest BCUT2D eigenvalue weighted by Crippen LogP contribution is -2.52. The Bertz CT molecular complexity index is 1210. The largest absolute Gasteiger partial charge is 0.497 e. The number of likely N-dealkylation sites (N-methyl/N-ethyl adjacent to an activating group) is 1. The van der Waals surface area contributed by atoms with Gasteiger partial charge in [0, 0.05) is 13.1 Å². The zero-order chi connectivity index (χ0) is 28.0. The number of methoxy groups -OCH3 is 1. The highest BCUT2D eigenvalue weighted by atomic mass is 35.5. The van der Waals surface area contributed by atoms with Crippen LogP contribution in [0.5, 0.6) is 5.75 Å². The minimum Gasteiger partial charge on any atom is -0.497 e. The van der Waals surface area contributed by atoms with Gasteiger partial charge in [0.1, 0.15) is 18.3 Å². The molecule has 13 heteroatoms. The second-order valence-electron chi connectivity index (χ2n) is 8.12. The monoisotopic (exact) mass is 563 g/mol. The smallest absolute Gasteiger partial charge is 0.416 e. The van der Waals surface area contributed by atoms with Crippen LogP contribution in [0.4, 0.5) is 18.9 Å². The second kappa shape index (κ2) is 12.5. The van der Waals surface area contributed by atoms with E-state index in [4.69, 9.17) is 16.3 Å². The van der Waals surface area contributed by atoms with E-state index in [1.807, 2.05) is 0 Å². The second-order valence-corrected chi connectivity index (χ2v) is 10.4. The summed E-state index contributed by atoms with van der Waals surface area (Å²) in [6.45, 7) is 2.76. The number of alkyl halides is 3. The Balaban J connectivity index is 2.53. The number of rotatable bonds is 11. The summed E-state index contributed by atoms with van der Waals surface area (Å²) < 4.78 is 70.9. The maximum absolute atomic E-state index is 13.6. The molecule has 0 aliphatic heterocycles. The maximum Gasteiger partial charge on any atom is 0.416 e. The minimum absolute atomic E-state index is 0.0631. The number of amides is 2. The third-order valence-electron chi connectivity index (χ3n) is 5.47. The average molecular weight is 564 g/mol. The Morgan fingerprint density at radius 2 is 1.73 bits per heavy atom. The van der Waals surface area contributed by atoms with Gasteiger partial charge in [0.25, 0.3) is 0 Å². The van der Waals surface area contributed by atoms with Gasteiger partial charge < -0.3 is 15.0 Å². The van der Waals surface area contributed by atoms with Gasteiger partial charge in [0.15, 0.2) is 0 Å². The first-order valence-electron chi connectivity index (χ1n) is 11.3. The highest BCUT2D eigenvalue weighted by Crippen LogP contribution is 2.36. The van der Waals surface area contributed by atoms with Gasteiger partial charge >= 0.3 is 6.18 Å². The van der Waals surface area contributed by atoms with Crippen molar-refractivity contribution < 1.29 is 35.9 Å². The molecule has 0 aromatic heterocycles. The molecule has 0 heterocycles. The van der Waals surface area contributed by atoms with Gasteiger partial charge in [-0.3, -0.25) is 13.9 Å². The zero-order valence-electron chi connectivity index (χ0n) is 20.8. The van der Waals surface area contributed by atoms with Crippen molar-refractivity contribution in [1.82, 2.24) is 10.2 Å². The summed E-state index contributed by atoms with van der Waals surface area (Å²) in [5.41, 5.74) is -1.00. The number of benzene rings is 2. The van der Waals surface area contributed by atoms with Crippen LogP contribution in [0.25, 0.3) is 0 Å². The van der Waals surface area contributed by atoms with Crippen molar-refractivity contribution in [3.05, 3.63) is 58.6 Å². The Morgan fingerprint density at radius 3 is 2.22 bits per heavy atom. The molecule has 2 aromatic carbocycles. The molecule has 0 fully saturated rings. The first-order valence-corrected chi connectivity index (χ1v) is 13.5. The molecule has 0 saturated carbocycles. The predicted octanol–water partition coefficient (Wildman–Crippen LogP) is 4.08. The molecule has 0 bridgehead atoms. The molecule has 2 aromatic rings. The van der Waals surface area contributed by atoms with Crippen LogP contribution in [0.1, 0.15) is 31.4 Å². The molecule has 0 radical (unpaired) electrons. The fourth-order valence-corrected chi connectivity index (χ4v) is 4.74. The highest BCUT2D eigenvalue weighted by molar-refractivity contribution is 7.92. The number of sulfonamides is 1. The van der Waals surface area contributed by atoms with Crippen LogP contribution >= 0.6 is 11.6 Å². The number of ether oxygens (including phenoxy) is 1. The SMILES string of the molecule is CCNC(=O)[C@@H](CC)N(Cc1ccc(OC)cc1)C(=O)CN(c1cc(C(F)(F)F)ccc1Cl)S(C)(=O)=O. The molecule has 1 atom stereocenters. The highest BCUT2D eigenvalue weighted by Gasteiger charge is 2.35. The molecule has 37 heavy (non-hydrogen) atoms. The standard InChI is InChI=1S/C24H29ClF3N3O5S/c1-5-20(23(33)29-6-2)30(14-16-7-10-18(36-3)11-8-16)22(32)15-31(37(4,34)35)21-13-17(24(26,27)28)9-12-19(21)25/h7-13,20H,5-6,14-15H2,1-4H3,(H,29,33)/t20-/m1/s1. The lowest BCUT2D eigenvalue weighted by molar-refractivity contribution is -0.140. The Hall–Kier alpha value is -2.99. The van der Waals surface area contributed by atoms with Gasteiger partial charge in [-0.2, -0.15) is 13.2 Å². The molecule has 0 aliphatic carbocycles. The van der Waals surface area contributed by atoms with Gasteiger partial charge in [-0.05, 0) is 49.2 Å². The predicted molar refractivity (Wildman–Crippen MR) is 135 cm³/mol. The zero-order valence-corrected chi connectivity index (χ0v) is 22.4. The molecule has 204 valence electrons. The Kier molecular flexibility index (Phi) is 10.2. The maximum atomic E-state index is 13.6. The summed E-state index contributed by atoms with van der Waals surface area (Å²) in [6, 6.07) is 7.93. The van der Waals surface area contributed by atoms with Crippen LogP contribution in [-0.4, -0.2) is 57.6 Å². The van der Waals surface area contributed by atoms with Crippen molar-refractivity contribution in [2.45, 2.75) is 39.0 Å². The van der Waals surface area contributed by atoms with E-state index in [1.165, 1.54) is 12.0 Å². The fourth-order valence-electron chi connectivity index (χ4n) is 3.61. The Morgan fingerprint density at radius 1 is 1.11 bits per heavy atom. The van der Waals surface area contributed by atoms with Crippen molar-refractivity contribution in [3.63, 3.8) is 0 Å². The van der Waals surface area contributed by atoms with Crippen LogP contribution in [-0.2, 0) is 32.3 Å². The number of hydrogen-bond acceptors (Lipinski definition) is 5. The summed E-state index contributed by atoms with van der Waals surface area (Å²) in [4.78, 5) is 27.5. The third kappa shape index (κ3) is 8.00. The lowest BCUT2D eigenvalue weighted by Gasteiger charge is -2.33. The molecular weight excluding hydrogens is 535 g/mol. The van der Waals surface area contributed by atoms with Crippen molar-refractivity contribution in [1.29, 1.82) is 0 Å². The van der Waals surface area contributed by atoms with Crippen LogP contribution in [0.3, 0.4) is 0 Å². The molecule has 0 saturated heterocycles. The van der Waals surface area contributed by atoms with E-state index in [1.54, 1.807) is 38.1 Å². The van der Waals surface area contributed by atoms with Gasteiger partial charge in [-0.25, -0.2) is 8.42 Å². The van der Waals surface area contributed by atoms with E-state index >= 15 is 0 Å². The van der Waals surface area contributed by atoms with Crippen LogP contribution in [0.15, 0.2) is 42.5 Å². The van der Waals surface area contributed by atoms with E-state index in [9.17, 15) is 31.2 Å². The summed E-state index contributed by atoms with van der Waals surface area (Å²) in [5, 5.41) is 2.37.